The third kappa shape index (κ3) is 5.86. The van der Waals surface area contributed by atoms with Gasteiger partial charge in [-0.05, 0) is 64.9 Å². The molecule has 0 aliphatic rings. The number of hydrogen-bond donors (Lipinski definition) is 1. The summed E-state index contributed by atoms with van der Waals surface area (Å²) in [6.07, 6.45) is 2.15. The van der Waals surface area contributed by atoms with Crippen LogP contribution in [0.2, 0.25) is 0 Å². The van der Waals surface area contributed by atoms with Crippen molar-refractivity contribution in [3.63, 3.8) is 0 Å². The Hall–Kier alpha value is -1.32. The maximum atomic E-state index is 12.3. The molecule has 0 atom stereocenters. The summed E-state index contributed by atoms with van der Waals surface area (Å²) in [6.45, 7) is 2.60. The predicted octanol–water partition coefficient (Wildman–Crippen LogP) is 3.61. The largest absolute Gasteiger partial charge is 0.496 e. The Morgan fingerprint density at radius 3 is 2.44 bits per heavy atom. The summed E-state index contributed by atoms with van der Waals surface area (Å²) >= 11 is 2.05. The van der Waals surface area contributed by atoms with E-state index in [9.17, 15) is 8.42 Å². The van der Waals surface area contributed by atoms with Crippen LogP contribution in [0.1, 0.15) is 18.9 Å². The third-order valence-corrected chi connectivity index (χ3v) is 5.86. The van der Waals surface area contributed by atoms with E-state index in [1.807, 2.05) is 46.9 Å². The number of hydrogen-bond acceptors (Lipinski definition) is 4. The van der Waals surface area contributed by atoms with E-state index in [1.54, 1.807) is 19.2 Å². The van der Waals surface area contributed by atoms with E-state index in [4.69, 9.17) is 9.47 Å². The third-order valence-electron chi connectivity index (χ3n) is 3.56. The highest BCUT2D eigenvalue weighted by molar-refractivity contribution is 14.1. The van der Waals surface area contributed by atoms with Gasteiger partial charge in [-0.25, -0.2) is 13.1 Å². The maximum Gasteiger partial charge on any atom is 0.240 e. The molecule has 5 nitrogen and oxygen atoms in total. The van der Waals surface area contributed by atoms with Crippen LogP contribution in [-0.4, -0.2) is 28.7 Å². The lowest BCUT2D eigenvalue weighted by molar-refractivity contribution is 0.322. The summed E-state index contributed by atoms with van der Waals surface area (Å²) in [5, 5.41) is 0. The van der Waals surface area contributed by atoms with Crippen LogP contribution in [0, 0.1) is 3.57 Å². The normalized spacial score (nSPS) is 11.3. The number of methoxy groups -OCH3 is 1. The molecule has 0 aliphatic carbocycles. The Bertz CT molecular complexity index is 791. The molecule has 0 aromatic heterocycles. The first-order valence-corrected chi connectivity index (χ1v) is 10.6. The Labute approximate surface area is 162 Å². The van der Waals surface area contributed by atoms with Gasteiger partial charge in [-0.2, -0.15) is 0 Å². The molecule has 0 amide bonds. The molecule has 136 valence electrons. The zero-order valence-corrected chi connectivity index (χ0v) is 17.3. The molecule has 0 spiro atoms. The van der Waals surface area contributed by atoms with Gasteiger partial charge in [0.15, 0.2) is 0 Å². The van der Waals surface area contributed by atoms with Crippen molar-refractivity contribution in [3.8, 4) is 11.5 Å². The zero-order chi connectivity index (χ0) is 18.3. The second kappa shape index (κ2) is 9.40. The lowest BCUT2D eigenvalue weighted by atomic mass is 10.1. The van der Waals surface area contributed by atoms with Crippen LogP contribution in [0.25, 0.3) is 0 Å². The van der Waals surface area contributed by atoms with Crippen LogP contribution in [0.5, 0.6) is 11.5 Å². The minimum absolute atomic E-state index is 0.196. The van der Waals surface area contributed by atoms with Crippen LogP contribution in [-0.2, 0) is 16.4 Å². The molecule has 0 heterocycles. The van der Waals surface area contributed by atoms with Crippen LogP contribution in [0.3, 0.4) is 0 Å². The van der Waals surface area contributed by atoms with Crippen molar-refractivity contribution in [2.24, 2.45) is 0 Å². The standard InChI is InChI=1S/C18H22INO4S/c1-3-4-14-5-7-15(8-6-14)24-12-11-20-25(21,22)16-9-10-18(23-2)17(19)13-16/h5-10,13,20H,3-4,11-12H2,1-2H3. The number of sulfonamides is 1. The minimum atomic E-state index is -3.57. The zero-order valence-electron chi connectivity index (χ0n) is 14.3. The molecule has 0 radical (unpaired) electrons. The van der Waals surface area contributed by atoms with E-state index >= 15 is 0 Å². The van der Waals surface area contributed by atoms with Gasteiger partial charge < -0.3 is 9.47 Å². The van der Waals surface area contributed by atoms with E-state index in [0.717, 1.165) is 22.2 Å². The Balaban J connectivity index is 1.86. The summed E-state index contributed by atoms with van der Waals surface area (Å²) in [5.74, 6) is 1.38. The second-order valence-corrected chi connectivity index (χ2v) is 8.37. The highest BCUT2D eigenvalue weighted by Gasteiger charge is 2.15. The van der Waals surface area contributed by atoms with Crippen molar-refractivity contribution in [2.45, 2.75) is 24.7 Å². The fourth-order valence-electron chi connectivity index (χ4n) is 2.28. The van der Waals surface area contributed by atoms with E-state index in [1.165, 1.54) is 11.6 Å². The summed E-state index contributed by atoms with van der Waals surface area (Å²) in [7, 11) is -2.01. The van der Waals surface area contributed by atoms with Gasteiger partial charge in [0.1, 0.15) is 18.1 Å². The first-order valence-electron chi connectivity index (χ1n) is 8.01. The minimum Gasteiger partial charge on any atom is -0.496 e. The van der Waals surface area contributed by atoms with Crippen molar-refractivity contribution < 1.29 is 17.9 Å². The summed E-state index contributed by atoms with van der Waals surface area (Å²) in [4.78, 5) is 0.210. The fraction of sp³-hybridized carbons (Fsp3) is 0.333. The quantitative estimate of drug-likeness (QED) is 0.445. The molecule has 25 heavy (non-hydrogen) atoms. The fourth-order valence-corrected chi connectivity index (χ4v) is 4.27. The molecule has 2 rings (SSSR count). The molecular weight excluding hydrogens is 453 g/mol. The van der Waals surface area contributed by atoms with Gasteiger partial charge in [-0.3, -0.25) is 0 Å². The first kappa shape index (κ1) is 20.0. The maximum absolute atomic E-state index is 12.3. The monoisotopic (exact) mass is 475 g/mol. The van der Waals surface area contributed by atoms with Gasteiger partial charge in [0.25, 0.3) is 0 Å². The van der Waals surface area contributed by atoms with Gasteiger partial charge in [0, 0.05) is 6.54 Å². The van der Waals surface area contributed by atoms with E-state index < -0.39 is 10.0 Å². The molecule has 0 bridgehead atoms. The SMILES string of the molecule is CCCc1ccc(OCCNS(=O)(=O)c2ccc(OC)c(I)c2)cc1. The lowest BCUT2D eigenvalue weighted by Gasteiger charge is -2.10. The van der Waals surface area contributed by atoms with Crippen molar-refractivity contribution in [1.82, 2.24) is 4.72 Å². The lowest BCUT2D eigenvalue weighted by Crippen LogP contribution is -2.28. The first-order chi connectivity index (χ1) is 12.0. The number of nitrogens with one attached hydrogen (secondary N) is 1. The topological polar surface area (TPSA) is 64.6 Å². The van der Waals surface area contributed by atoms with Crippen molar-refractivity contribution in [1.29, 1.82) is 0 Å². The molecule has 0 saturated carbocycles. The molecule has 7 heteroatoms. The number of benzene rings is 2. The van der Waals surface area contributed by atoms with Crippen molar-refractivity contribution in [2.75, 3.05) is 20.3 Å². The smallest absolute Gasteiger partial charge is 0.240 e. The van der Waals surface area contributed by atoms with Gasteiger partial charge in [-0.15, -0.1) is 0 Å². The Morgan fingerprint density at radius 2 is 1.84 bits per heavy atom. The van der Waals surface area contributed by atoms with Crippen LogP contribution < -0.4 is 14.2 Å². The number of halogens is 1. The number of aryl methyl sites for hydroxylation is 1. The summed E-state index contributed by atoms with van der Waals surface area (Å²) in [6, 6.07) is 12.6. The second-order valence-electron chi connectivity index (χ2n) is 5.44. The van der Waals surface area contributed by atoms with E-state index in [0.29, 0.717) is 5.75 Å². The molecule has 0 fully saturated rings. The van der Waals surface area contributed by atoms with Crippen LogP contribution in [0.4, 0.5) is 0 Å². The van der Waals surface area contributed by atoms with Gasteiger partial charge >= 0.3 is 0 Å². The van der Waals surface area contributed by atoms with Crippen molar-refractivity contribution >= 4 is 32.6 Å². The van der Waals surface area contributed by atoms with Crippen LogP contribution >= 0.6 is 22.6 Å². The average molecular weight is 475 g/mol. The van der Waals surface area contributed by atoms with Gasteiger partial charge in [0.05, 0.1) is 15.6 Å². The number of ether oxygens (including phenoxy) is 2. The predicted molar refractivity (Wildman–Crippen MR) is 107 cm³/mol. The van der Waals surface area contributed by atoms with Crippen molar-refractivity contribution in [3.05, 3.63) is 51.6 Å². The Kier molecular flexibility index (Phi) is 7.52. The molecule has 0 aliphatic heterocycles. The molecular formula is C18H22INO4S. The van der Waals surface area contributed by atoms with Gasteiger partial charge in [-0.1, -0.05) is 25.5 Å². The van der Waals surface area contributed by atoms with Crippen LogP contribution in [0.15, 0.2) is 47.4 Å². The molecule has 2 aromatic carbocycles. The molecule has 0 saturated heterocycles. The summed E-state index contributed by atoms with van der Waals surface area (Å²) < 4.78 is 38.6. The van der Waals surface area contributed by atoms with E-state index in [2.05, 4.69) is 11.6 Å². The van der Waals surface area contributed by atoms with Gasteiger partial charge in [0.2, 0.25) is 10.0 Å². The number of rotatable bonds is 9. The Morgan fingerprint density at radius 1 is 1.12 bits per heavy atom. The highest BCUT2D eigenvalue weighted by Crippen LogP contribution is 2.23. The molecule has 2 aromatic rings. The average Bonchev–Trinajstić information content (AvgIpc) is 2.60. The molecule has 1 N–H and O–H groups in total. The summed E-state index contributed by atoms with van der Waals surface area (Å²) in [5.41, 5.74) is 1.27. The molecule has 0 unspecified atom stereocenters. The highest BCUT2D eigenvalue weighted by atomic mass is 127. The van der Waals surface area contributed by atoms with E-state index in [-0.39, 0.29) is 18.0 Å².